The standard InChI is InChI=1S/C22H19Cl2N3O3/c23-15-7-13(26-22(30)21-25-9-18(29)27-21)8-16(24)14(15)6-12-3-4-17(28)20-11-2-1-10(5-11)19(12)20/h3-4,7-8,10-11,28H,1-2,5-6,9H2,(H,26,30)(H,25,27,29). The predicted molar refractivity (Wildman–Crippen MR) is 116 cm³/mol. The number of hydrogen-bond acceptors (Lipinski definition) is 4. The van der Waals surface area contributed by atoms with Gasteiger partial charge < -0.3 is 15.7 Å². The van der Waals surface area contributed by atoms with E-state index in [4.69, 9.17) is 23.2 Å². The van der Waals surface area contributed by atoms with Crippen LogP contribution in [0.4, 0.5) is 5.69 Å². The first kappa shape index (κ1) is 19.4. The number of nitrogens with one attached hydrogen (secondary N) is 2. The van der Waals surface area contributed by atoms with E-state index in [0.29, 0.717) is 39.7 Å². The fraction of sp³-hybridized carbons (Fsp3) is 0.318. The maximum Gasteiger partial charge on any atom is 0.291 e. The summed E-state index contributed by atoms with van der Waals surface area (Å²) in [6.45, 7) is -0.0536. The quantitative estimate of drug-likeness (QED) is 0.663. The van der Waals surface area contributed by atoms with Gasteiger partial charge in [0, 0.05) is 27.7 Å². The summed E-state index contributed by atoms with van der Waals surface area (Å²) in [5.41, 5.74) is 4.69. The molecule has 0 saturated heterocycles. The van der Waals surface area contributed by atoms with Gasteiger partial charge in [0.05, 0.1) is 0 Å². The average Bonchev–Trinajstić information content (AvgIpc) is 3.42. The van der Waals surface area contributed by atoms with Crippen molar-refractivity contribution >= 4 is 46.5 Å². The van der Waals surface area contributed by atoms with E-state index in [1.54, 1.807) is 18.2 Å². The summed E-state index contributed by atoms with van der Waals surface area (Å²) in [5.74, 6) is 0.469. The van der Waals surface area contributed by atoms with E-state index in [2.05, 4.69) is 15.6 Å². The van der Waals surface area contributed by atoms with Crippen LogP contribution in [0.2, 0.25) is 10.0 Å². The number of carbonyl (C=O) groups is 2. The Morgan fingerprint density at radius 2 is 1.87 bits per heavy atom. The lowest BCUT2D eigenvalue weighted by Crippen LogP contribution is -2.34. The number of fused-ring (bicyclic) bond motifs is 5. The summed E-state index contributed by atoms with van der Waals surface area (Å²) >= 11 is 13.1. The van der Waals surface area contributed by atoms with Crippen LogP contribution in [-0.4, -0.2) is 29.3 Å². The second kappa shape index (κ2) is 7.29. The van der Waals surface area contributed by atoms with Crippen LogP contribution in [0.5, 0.6) is 5.75 Å². The van der Waals surface area contributed by atoms with Crippen molar-refractivity contribution in [2.24, 2.45) is 4.99 Å². The molecular weight excluding hydrogens is 425 g/mol. The molecule has 2 amide bonds. The topological polar surface area (TPSA) is 90.8 Å². The van der Waals surface area contributed by atoms with E-state index in [1.165, 1.54) is 5.56 Å². The number of anilines is 1. The van der Waals surface area contributed by atoms with E-state index in [-0.39, 0.29) is 18.3 Å². The maximum absolute atomic E-state index is 12.2. The van der Waals surface area contributed by atoms with Crippen molar-refractivity contribution in [3.63, 3.8) is 0 Å². The molecule has 3 aliphatic rings. The van der Waals surface area contributed by atoms with E-state index in [9.17, 15) is 14.7 Å². The molecule has 30 heavy (non-hydrogen) atoms. The molecule has 2 atom stereocenters. The van der Waals surface area contributed by atoms with E-state index in [0.717, 1.165) is 36.0 Å². The molecule has 2 bridgehead atoms. The summed E-state index contributed by atoms with van der Waals surface area (Å²) in [4.78, 5) is 27.3. The third-order valence-electron chi connectivity index (χ3n) is 6.22. The molecule has 0 spiro atoms. The zero-order valence-corrected chi connectivity index (χ0v) is 17.5. The molecule has 1 saturated carbocycles. The van der Waals surface area contributed by atoms with Gasteiger partial charge in [0.2, 0.25) is 5.91 Å². The molecule has 154 valence electrons. The molecule has 1 aliphatic heterocycles. The molecular formula is C22H19Cl2N3O3. The maximum atomic E-state index is 12.2. The van der Waals surface area contributed by atoms with Gasteiger partial charge >= 0.3 is 0 Å². The van der Waals surface area contributed by atoms with Crippen LogP contribution >= 0.6 is 23.2 Å². The Morgan fingerprint density at radius 3 is 2.53 bits per heavy atom. The van der Waals surface area contributed by atoms with Crippen molar-refractivity contribution in [1.82, 2.24) is 5.32 Å². The molecule has 5 rings (SSSR count). The number of phenolic OH excluding ortho intramolecular Hbond substituents is 1. The largest absolute Gasteiger partial charge is 0.508 e. The Bertz CT molecular complexity index is 1110. The molecule has 2 aliphatic carbocycles. The Kier molecular flexibility index (Phi) is 4.71. The number of benzene rings is 2. The molecule has 0 radical (unpaired) electrons. The molecule has 1 fully saturated rings. The summed E-state index contributed by atoms with van der Waals surface area (Å²) in [6.07, 6.45) is 3.95. The lowest BCUT2D eigenvalue weighted by Gasteiger charge is -2.21. The van der Waals surface area contributed by atoms with Gasteiger partial charge in [0.15, 0.2) is 5.84 Å². The normalized spacial score (nSPS) is 21.4. The molecule has 2 aromatic rings. The fourth-order valence-electron chi connectivity index (χ4n) is 4.96. The van der Waals surface area contributed by atoms with Gasteiger partial charge in [-0.2, -0.15) is 0 Å². The summed E-state index contributed by atoms with van der Waals surface area (Å²) < 4.78 is 0. The number of aliphatic imine (C=N–C) groups is 1. The minimum atomic E-state index is -0.520. The van der Waals surface area contributed by atoms with Crippen molar-refractivity contribution in [1.29, 1.82) is 0 Å². The van der Waals surface area contributed by atoms with Gasteiger partial charge in [-0.3, -0.25) is 14.6 Å². The van der Waals surface area contributed by atoms with E-state index < -0.39 is 5.91 Å². The molecule has 0 aromatic heterocycles. The van der Waals surface area contributed by atoms with Crippen molar-refractivity contribution in [2.45, 2.75) is 37.5 Å². The second-order valence-corrected chi connectivity index (χ2v) is 8.85. The van der Waals surface area contributed by atoms with Gasteiger partial charge in [-0.15, -0.1) is 0 Å². The second-order valence-electron chi connectivity index (χ2n) is 8.04. The van der Waals surface area contributed by atoms with E-state index >= 15 is 0 Å². The number of hydrogen-bond donors (Lipinski definition) is 3. The fourth-order valence-corrected chi connectivity index (χ4v) is 5.58. The van der Waals surface area contributed by atoms with Crippen LogP contribution in [-0.2, 0) is 16.0 Å². The number of rotatable bonds is 4. The van der Waals surface area contributed by atoms with Gasteiger partial charge in [-0.1, -0.05) is 29.3 Å². The molecule has 8 heteroatoms. The number of phenols is 1. The van der Waals surface area contributed by atoms with Crippen LogP contribution in [0.15, 0.2) is 29.3 Å². The minimum Gasteiger partial charge on any atom is -0.508 e. The summed E-state index contributed by atoms with van der Waals surface area (Å²) in [5, 5.41) is 16.3. The van der Waals surface area contributed by atoms with Crippen LogP contribution in [0.25, 0.3) is 0 Å². The van der Waals surface area contributed by atoms with Crippen molar-refractivity contribution in [3.8, 4) is 5.75 Å². The SMILES string of the molecule is O=C1CN=C(C(=O)Nc2cc(Cl)c(Cc3ccc(O)c4c3C3CCC4C3)c(Cl)c2)N1. The molecule has 1 heterocycles. The molecule has 2 unspecified atom stereocenters. The zero-order valence-electron chi connectivity index (χ0n) is 16.0. The highest BCUT2D eigenvalue weighted by Gasteiger charge is 2.40. The smallest absolute Gasteiger partial charge is 0.291 e. The Morgan fingerprint density at radius 1 is 1.17 bits per heavy atom. The van der Waals surface area contributed by atoms with Crippen molar-refractivity contribution in [3.05, 3.63) is 56.6 Å². The number of aromatic hydroxyl groups is 1. The molecule has 6 nitrogen and oxygen atoms in total. The number of carbonyl (C=O) groups excluding carboxylic acids is 2. The van der Waals surface area contributed by atoms with Gasteiger partial charge in [-0.05, 0) is 66.0 Å². The third-order valence-corrected chi connectivity index (χ3v) is 6.90. The Hall–Kier alpha value is -2.57. The lowest BCUT2D eigenvalue weighted by atomic mass is 9.85. The highest BCUT2D eigenvalue weighted by molar-refractivity contribution is 6.46. The minimum absolute atomic E-state index is 0.0222. The van der Waals surface area contributed by atoms with E-state index in [1.807, 2.05) is 6.07 Å². The number of amidine groups is 1. The van der Waals surface area contributed by atoms with Crippen LogP contribution in [0, 0.1) is 0 Å². The average molecular weight is 444 g/mol. The lowest BCUT2D eigenvalue weighted by molar-refractivity contribution is -0.118. The third kappa shape index (κ3) is 3.24. The predicted octanol–water partition coefficient (Wildman–Crippen LogP) is 4.12. The number of nitrogens with zero attached hydrogens (tertiary/aromatic N) is 1. The molecule has 2 aromatic carbocycles. The van der Waals surface area contributed by atoms with Crippen LogP contribution in [0.3, 0.4) is 0 Å². The highest BCUT2D eigenvalue weighted by Crippen LogP contribution is 2.57. The zero-order chi connectivity index (χ0) is 21.0. The van der Waals surface area contributed by atoms with Crippen LogP contribution in [0.1, 0.15) is 53.4 Å². The van der Waals surface area contributed by atoms with Gasteiger partial charge in [-0.25, -0.2) is 0 Å². The van der Waals surface area contributed by atoms with Gasteiger partial charge in [0.25, 0.3) is 5.91 Å². The first-order chi connectivity index (χ1) is 14.4. The number of halogens is 2. The van der Waals surface area contributed by atoms with Crippen molar-refractivity contribution < 1.29 is 14.7 Å². The highest BCUT2D eigenvalue weighted by atomic mass is 35.5. The summed E-state index contributed by atoms with van der Waals surface area (Å²) in [7, 11) is 0. The first-order valence-electron chi connectivity index (χ1n) is 9.89. The van der Waals surface area contributed by atoms with Crippen molar-refractivity contribution in [2.75, 3.05) is 11.9 Å². The van der Waals surface area contributed by atoms with Gasteiger partial charge in [0.1, 0.15) is 12.3 Å². The summed E-state index contributed by atoms with van der Waals surface area (Å²) in [6, 6.07) is 7.01. The number of amides is 2. The monoisotopic (exact) mass is 443 g/mol. The van der Waals surface area contributed by atoms with Crippen LogP contribution < -0.4 is 10.6 Å². The molecule has 3 N–H and O–H groups in total. The Labute approximate surface area is 183 Å². The first-order valence-corrected chi connectivity index (χ1v) is 10.6. The Balaban J connectivity index is 1.41.